The first-order valence-electron chi connectivity index (χ1n) is 7.27. The van der Waals surface area contributed by atoms with Gasteiger partial charge in [0.25, 0.3) is 0 Å². The van der Waals surface area contributed by atoms with E-state index in [-0.39, 0.29) is 24.1 Å². The van der Waals surface area contributed by atoms with Crippen molar-refractivity contribution in [3.63, 3.8) is 0 Å². The van der Waals surface area contributed by atoms with Crippen LogP contribution in [0.5, 0.6) is 5.75 Å². The third-order valence-corrected chi connectivity index (χ3v) is 4.00. The van der Waals surface area contributed by atoms with E-state index in [0.717, 1.165) is 21.9 Å². The van der Waals surface area contributed by atoms with Crippen LogP contribution in [0.15, 0.2) is 60.7 Å². The zero-order valence-corrected chi connectivity index (χ0v) is 12.0. The lowest BCUT2D eigenvalue weighted by Crippen LogP contribution is -2.04. The van der Waals surface area contributed by atoms with Crippen LogP contribution in [0.4, 0.5) is 4.39 Å². The molecule has 0 unspecified atom stereocenters. The van der Waals surface area contributed by atoms with Crippen LogP contribution in [0.3, 0.4) is 0 Å². The highest BCUT2D eigenvalue weighted by atomic mass is 19.1. The van der Waals surface area contributed by atoms with E-state index in [1.807, 2.05) is 36.4 Å². The van der Waals surface area contributed by atoms with E-state index in [4.69, 9.17) is 0 Å². The summed E-state index contributed by atoms with van der Waals surface area (Å²) in [6.45, 7) is -0.00564. The fraction of sp³-hybridized carbons (Fsp3) is 0.158. The Morgan fingerprint density at radius 3 is 2.36 bits per heavy atom. The number of aromatic hydroxyl groups is 1. The second kappa shape index (κ2) is 6.16. The van der Waals surface area contributed by atoms with Gasteiger partial charge in [0, 0.05) is 23.5 Å². The molecule has 0 aliphatic heterocycles. The van der Waals surface area contributed by atoms with Crippen molar-refractivity contribution in [3.05, 3.63) is 77.6 Å². The SMILES string of the molecule is OCC[C@@H](c1ccc(F)cc1)c1ccc2ccccc2c1O. The first kappa shape index (κ1) is 14.5. The van der Waals surface area contributed by atoms with Gasteiger partial charge in [0.1, 0.15) is 11.6 Å². The fourth-order valence-electron chi connectivity index (χ4n) is 2.88. The lowest BCUT2D eigenvalue weighted by atomic mass is 9.87. The normalized spacial score (nSPS) is 12.5. The number of phenols is 1. The molecule has 3 aromatic carbocycles. The van der Waals surface area contributed by atoms with E-state index in [1.54, 1.807) is 12.1 Å². The van der Waals surface area contributed by atoms with Gasteiger partial charge in [0.05, 0.1) is 0 Å². The molecule has 0 fully saturated rings. The molecule has 0 aliphatic rings. The number of hydrogen-bond acceptors (Lipinski definition) is 2. The fourth-order valence-corrected chi connectivity index (χ4v) is 2.88. The molecule has 2 N–H and O–H groups in total. The van der Waals surface area contributed by atoms with Crippen molar-refractivity contribution >= 4 is 10.8 Å². The molecular weight excluding hydrogens is 279 g/mol. The largest absolute Gasteiger partial charge is 0.507 e. The van der Waals surface area contributed by atoms with Gasteiger partial charge in [-0.3, -0.25) is 0 Å². The maximum Gasteiger partial charge on any atom is 0.127 e. The minimum absolute atomic E-state index is 0.00564. The lowest BCUT2D eigenvalue weighted by molar-refractivity contribution is 0.281. The molecular formula is C19H17FO2. The van der Waals surface area contributed by atoms with Gasteiger partial charge in [-0.1, -0.05) is 48.5 Å². The Kier molecular flexibility index (Phi) is 4.07. The van der Waals surface area contributed by atoms with Crippen molar-refractivity contribution in [2.45, 2.75) is 12.3 Å². The molecule has 0 saturated heterocycles. The summed E-state index contributed by atoms with van der Waals surface area (Å²) >= 11 is 0. The molecule has 0 spiro atoms. The van der Waals surface area contributed by atoms with Gasteiger partial charge in [0.15, 0.2) is 0 Å². The molecule has 0 saturated carbocycles. The van der Waals surface area contributed by atoms with Crippen LogP contribution >= 0.6 is 0 Å². The summed E-state index contributed by atoms with van der Waals surface area (Å²) in [7, 11) is 0. The van der Waals surface area contributed by atoms with Crippen LogP contribution in [0.1, 0.15) is 23.5 Å². The van der Waals surface area contributed by atoms with Crippen molar-refractivity contribution in [2.24, 2.45) is 0 Å². The topological polar surface area (TPSA) is 40.5 Å². The molecule has 22 heavy (non-hydrogen) atoms. The maximum atomic E-state index is 13.1. The van der Waals surface area contributed by atoms with Gasteiger partial charge >= 0.3 is 0 Å². The monoisotopic (exact) mass is 296 g/mol. The highest BCUT2D eigenvalue weighted by molar-refractivity contribution is 5.89. The Labute approximate surface area is 128 Å². The van der Waals surface area contributed by atoms with Gasteiger partial charge in [-0.25, -0.2) is 4.39 Å². The lowest BCUT2D eigenvalue weighted by Gasteiger charge is -2.19. The summed E-state index contributed by atoms with van der Waals surface area (Å²) in [6, 6.07) is 17.6. The van der Waals surface area contributed by atoms with E-state index in [0.29, 0.717) is 6.42 Å². The molecule has 0 aromatic heterocycles. The smallest absolute Gasteiger partial charge is 0.127 e. The van der Waals surface area contributed by atoms with Crippen LogP contribution in [0, 0.1) is 5.82 Å². The number of hydrogen-bond donors (Lipinski definition) is 2. The number of phenolic OH excluding ortho intramolecular Hbond substituents is 1. The molecule has 3 heteroatoms. The summed E-state index contributed by atoms with van der Waals surface area (Å²) in [5, 5.41) is 21.7. The van der Waals surface area contributed by atoms with Crippen molar-refractivity contribution in [1.82, 2.24) is 0 Å². The van der Waals surface area contributed by atoms with Crippen LogP contribution in [-0.4, -0.2) is 16.8 Å². The average molecular weight is 296 g/mol. The first-order chi connectivity index (χ1) is 10.7. The number of aliphatic hydroxyl groups excluding tert-OH is 1. The minimum Gasteiger partial charge on any atom is -0.507 e. The molecule has 0 aliphatic carbocycles. The number of benzene rings is 3. The minimum atomic E-state index is -0.297. The molecule has 1 atom stereocenters. The van der Waals surface area contributed by atoms with Crippen molar-refractivity contribution in [1.29, 1.82) is 0 Å². The zero-order valence-electron chi connectivity index (χ0n) is 12.0. The molecule has 112 valence electrons. The van der Waals surface area contributed by atoms with E-state index in [2.05, 4.69) is 0 Å². The number of rotatable bonds is 4. The van der Waals surface area contributed by atoms with E-state index >= 15 is 0 Å². The first-order valence-corrected chi connectivity index (χ1v) is 7.27. The van der Waals surface area contributed by atoms with Gasteiger partial charge in [-0.05, 0) is 29.5 Å². The number of halogens is 1. The van der Waals surface area contributed by atoms with Gasteiger partial charge in [-0.2, -0.15) is 0 Å². The zero-order chi connectivity index (χ0) is 15.5. The highest BCUT2D eigenvalue weighted by Gasteiger charge is 2.18. The van der Waals surface area contributed by atoms with E-state index in [9.17, 15) is 14.6 Å². The summed E-state index contributed by atoms with van der Waals surface area (Å²) in [4.78, 5) is 0. The second-order valence-electron chi connectivity index (χ2n) is 5.34. The van der Waals surface area contributed by atoms with Crippen LogP contribution in [0.25, 0.3) is 10.8 Å². The third-order valence-electron chi connectivity index (χ3n) is 4.00. The predicted molar refractivity (Wildman–Crippen MR) is 85.6 cm³/mol. The van der Waals surface area contributed by atoms with Gasteiger partial charge < -0.3 is 10.2 Å². The van der Waals surface area contributed by atoms with Crippen LogP contribution in [-0.2, 0) is 0 Å². The molecule has 3 rings (SSSR count). The summed E-state index contributed by atoms with van der Waals surface area (Å²) in [5.41, 5.74) is 1.63. The Morgan fingerprint density at radius 1 is 0.909 bits per heavy atom. The quantitative estimate of drug-likeness (QED) is 0.757. The van der Waals surface area contributed by atoms with Crippen molar-refractivity contribution in [2.75, 3.05) is 6.61 Å². The average Bonchev–Trinajstić information content (AvgIpc) is 2.55. The second-order valence-corrected chi connectivity index (χ2v) is 5.34. The Hall–Kier alpha value is -2.39. The molecule has 2 nitrogen and oxygen atoms in total. The summed E-state index contributed by atoms with van der Waals surface area (Å²) in [6.07, 6.45) is 0.470. The van der Waals surface area contributed by atoms with E-state index < -0.39 is 0 Å². The number of aliphatic hydroxyl groups is 1. The summed E-state index contributed by atoms with van der Waals surface area (Å²) < 4.78 is 13.1. The molecule has 0 radical (unpaired) electrons. The maximum absolute atomic E-state index is 13.1. The van der Waals surface area contributed by atoms with E-state index in [1.165, 1.54) is 12.1 Å². The number of fused-ring (bicyclic) bond motifs is 1. The summed E-state index contributed by atoms with van der Waals surface area (Å²) in [5.74, 6) is -0.245. The van der Waals surface area contributed by atoms with Crippen molar-refractivity contribution < 1.29 is 14.6 Å². The highest BCUT2D eigenvalue weighted by Crippen LogP contribution is 2.38. The van der Waals surface area contributed by atoms with Crippen LogP contribution < -0.4 is 0 Å². The van der Waals surface area contributed by atoms with Crippen molar-refractivity contribution in [3.8, 4) is 5.75 Å². The standard InChI is InChI=1S/C19H17FO2/c20-15-8-5-14(6-9-15)16(11-12-21)18-10-7-13-3-1-2-4-17(13)19(18)22/h1-10,16,21-22H,11-12H2/t16-/m0/s1. The Balaban J connectivity index is 2.12. The third kappa shape index (κ3) is 2.68. The molecule has 0 bridgehead atoms. The van der Waals surface area contributed by atoms with Gasteiger partial charge in [-0.15, -0.1) is 0 Å². The molecule has 0 amide bonds. The molecule has 3 aromatic rings. The van der Waals surface area contributed by atoms with Gasteiger partial charge in [0.2, 0.25) is 0 Å². The van der Waals surface area contributed by atoms with Crippen LogP contribution in [0.2, 0.25) is 0 Å². The Morgan fingerprint density at radius 2 is 1.64 bits per heavy atom. The predicted octanol–water partition coefficient (Wildman–Crippen LogP) is 4.20. The Bertz CT molecular complexity index is 781. The molecule has 0 heterocycles.